The van der Waals surface area contributed by atoms with Gasteiger partial charge in [0.05, 0.1) is 6.26 Å². The fourth-order valence-corrected chi connectivity index (χ4v) is 6.18. The predicted molar refractivity (Wildman–Crippen MR) is 86.8 cm³/mol. The Morgan fingerprint density at radius 3 is 2.50 bits per heavy atom. The van der Waals surface area contributed by atoms with Gasteiger partial charge in [-0.05, 0) is 36.2 Å². The lowest BCUT2D eigenvalue weighted by molar-refractivity contribution is 0.0270. The molecule has 3 heterocycles. The molecular weight excluding hydrogens is 296 g/mol. The van der Waals surface area contributed by atoms with Gasteiger partial charge in [0, 0.05) is 32.2 Å². The number of hydrogen-bond acceptors (Lipinski definition) is 3. The van der Waals surface area contributed by atoms with Crippen LogP contribution in [0.1, 0.15) is 18.4 Å². The van der Waals surface area contributed by atoms with Gasteiger partial charge in [0.15, 0.2) is 0 Å². The van der Waals surface area contributed by atoms with E-state index in [4.69, 9.17) is 0 Å². The highest BCUT2D eigenvalue weighted by molar-refractivity contribution is 7.88. The van der Waals surface area contributed by atoms with E-state index in [9.17, 15) is 8.42 Å². The van der Waals surface area contributed by atoms with E-state index in [0.29, 0.717) is 17.8 Å². The summed E-state index contributed by atoms with van der Waals surface area (Å²) in [6.07, 6.45) is 3.63. The normalized spacial score (nSPS) is 35.7. The van der Waals surface area contributed by atoms with E-state index in [2.05, 4.69) is 35.2 Å². The molecule has 4 nitrogen and oxygen atoms in total. The number of nitrogens with zero attached hydrogens (tertiary/aromatic N) is 2. The molecule has 4 fully saturated rings. The second-order valence-corrected chi connectivity index (χ2v) is 9.18. The van der Waals surface area contributed by atoms with E-state index in [-0.39, 0.29) is 6.04 Å². The standard InChI is InChI=1S/C17H24N2O2S/c1-22(20,21)19-10-14-7-8-17(19)16-12-18(11-15(14)16)9-13-5-3-2-4-6-13/h2-6,14-17H,7-12H2,1H3. The molecule has 0 radical (unpaired) electrons. The van der Waals surface area contributed by atoms with Gasteiger partial charge in [-0.3, -0.25) is 4.90 Å². The number of rotatable bonds is 3. The lowest BCUT2D eigenvalue weighted by Gasteiger charge is -2.50. The molecule has 22 heavy (non-hydrogen) atoms. The average Bonchev–Trinajstić information content (AvgIpc) is 2.93. The minimum atomic E-state index is -3.06. The Morgan fingerprint density at radius 1 is 1.05 bits per heavy atom. The van der Waals surface area contributed by atoms with Crippen molar-refractivity contribution in [2.24, 2.45) is 17.8 Å². The van der Waals surface area contributed by atoms with Crippen LogP contribution >= 0.6 is 0 Å². The number of benzene rings is 1. The zero-order valence-corrected chi connectivity index (χ0v) is 13.9. The SMILES string of the molecule is CS(=O)(=O)N1CC2CCC1C1CN(Cc3ccccc3)CC21. The zero-order chi connectivity index (χ0) is 15.3. The van der Waals surface area contributed by atoms with Crippen LogP contribution < -0.4 is 0 Å². The number of sulfonamides is 1. The van der Waals surface area contributed by atoms with Crippen LogP contribution in [0, 0.1) is 17.8 Å². The highest BCUT2D eigenvalue weighted by atomic mass is 32.2. The fraction of sp³-hybridized carbons (Fsp3) is 0.647. The van der Waals surface area contributed by atoms with Crippen LogP contribution in [-0.4, -0.2) is 49.6 Å². The maximum Gasteiger partial charge on any atom is 0.211 e. The molecule has 3 saturated heterocycles. The molecule has 0 spiro atoms. The Balaban J connectivity index is 1.52. The quantitative estimate of drug-likeness (QED) is 0.852. The number of likely N-dealkylation sites (tertiary alicyclic amines) is 1. The van der Waals surface area contributed by atoms with Gasteiger partial charge in [-0.2, -0.15) is 4.31 Å². The summed E-state index contributed by atoms with van der Waals surface area (Å²) in [5.74, 6) is 1.79. The summed E-state index contributed by atoms with van der Waals surface area (Å²) in [6, 6.07) is 10.8. The van der Waals surface area contributed by atoms with Crippen LogP contribution in [0.5, 0.6) is 0 Å². The van der Waals surface area contributed by atoms with E-state index >= 15 is 0 Å². The lowest BCUT2D eigenvalue weighted by Crippen LogP contribution is -2.58. The predicted octanol–water partition coefficient (Wildman–Crippen LogP) is 1.79. The summed E-state index contributed by atoms with van der Waals surface area (Å²) < 4.78 is 25.9. The molecule has 120 valence electrons. The van der Waals surface area contributed by atoms with Gasteiger partial charge < -0.3 is 0 Å². The Kier molecular flexibility index (Phi) is 3.55. The molecule has 4 aliphatic rings. The van der Waals surface area contributed by atoms with Crippen molar-refractivity contribution in [3.63, 3.8) is 0 Å². The minimum absolute atomic E-state index is 0.241. The van der Waals surface area contributed by atoms with Crippen molar-refractivity contribution in [2.75, 3.05) is 25.9 Å². The van der Waals surface area contributed by atoms with Gasteiger partial charge in [-0.25, -0.2) is 8.42 Å². The van der Waals surface area contributed by atoms with E-state index in [1.54, 1.807) is 4.31 Å². The molecule has 5 heteroatoms. The number of fused-ring (bicyclic) bond motifs is 2. The topological polar surface area (TPSA) is 40.6 Å². The van der Waals surface area contributed by atoms with Gasteiger partial charge in [-0.15, -0.1) is 0 Å². The van der Waals surface area contributed by atoms with Gasteiger partial charge in [0.1, 0.15) is 0 Å². The zero-order valence-electron chi connectivity index (χ0n) is 13.1. The van der Waals surface area contributed by atoms with Crippen molar-refractivity contribution in [3.05, 3.63) is 35.9 Å². The molecule has 0 N–H and O–H groups in total. The first-order valence-corrected chi connectivity index (χ1v) is 10.1. The molecule has 1 aromatic rings. The van der Waals surface area contributed by atoms with Crippen molar-refractivity contribution in [3.8, 4) is 0 Å². The van der Waals surface area contributed by atoms with Crippen molar-refractivity contribution < 1.29 is 8.42 Å². The second kappa shape index (κ2) is 5.32. The Bertz CT molecular complexity index is 646. The van der Waals surface area contributed by atoms with Gasteiger partial charge in [0.2, 0.25) is 10.0 Å². The van der Waals surface area contributed by atoms with Crippen LogP contribution in [-0.2, 0) is 16.6 Å². The Labute approximate surface area is 133 Å². The molecule has 1 aromatic carbocycles. The van der Waals surface area contributed by atoms with Crippen molar-refractivity contribution in [1.82, 2.24) is 9.21 Å². The average molecular weight is 320 g/mol. The Morgan fingerprint density at radius 2 is 1.77 bits per heavy atom. The molecule has 0 aromatic heterocycles. The lowest BCUT2D eigenvalue weighted by atomic mass is 9.68. The first-order chi connectivity index (χ1) is 10.5. The first-order valence-electron chi connectivity index (χ1n) is 8.25. The van der Waals surface area contributed by atoms with Crippen LogP contribution in [0.2, 0.25) is 0 Å². The molecule has 4 atom stereocenters. The van der Waals surface area contributed by atoms with E-state index < -0.39 is 10.0 Å². The van der Waals surface area contributed by atoms with Crippen molar-refractivity contribution in [1.29, 1.82) is 0 Å². The summed E-state index contributed by atoms with van der Waals surface area (Å²) in [5.41, 5.74) is 1.36. The van der Waals surface area contributed by atoms with Crippen molar-refractivity contribution >= 4 is 10.0 Å². The largest absolute Gasteiger partial charge is 0.298 e. The third kappa shape index (κ3) is 2.49. The van der Waals surface area contributed by atoms with Crippen LogP contribution in [0.15, 0.2) is 30.3 Å². The molecule has 3 aliphatic heterocycles. The van der Waals surface area contributed by atoms with Crippen LogP contribution in [0.3, 0.4) is 0 Å². The summed E-state index contributed by atoms with van der Waals surface area (Å²) in [7, 11) is -3.06. The van der Waals surface area contributed by atoms with Crippen LogP contribution in [0.4, 0.5) is 0 Å². The second-order valence-electron chi connectivity index (χ2n) is 7.24. The van der Waals surface area contributed by atoms with Crippen molar-refractivity contribution in [2.45, 2.75) is 25.4 Å². The maximum absolute atomic E-state index is 12.0. The number of hydrogen-bond donors (Lipinski definition) is 0. The third-order valence-corrected chi connectivity index (χ3v) is 7.15. The molecule has 0 amide bonds. The number of piperidine rings is 2. The highest BCUT2D eigenvalue weighted by Gasteiger charge is 2.53. The fourth-order valence-electron chi connectivity index (χ4n) is 4.96. The summed E-state index contributed by atoms with van der Waals surface area (Å²) in [4.78, 5) is 2.53. The van der Waals surface area contributed by atoms with E-state index in [1.807, 2.05) is 0 Å². The van der Waals surface area contributed by atoms with Crippen LogP contribution in [0.25, 0.3) is 0 Å². The molecular formula is C17H24N2O2S. The maximum atomic E-state index is 12.0. The summed E-state index contributed by atoms with van der Waals surface area (Å²) in [6.45, 7) is 3.93. The van der Waals surface area contributed by atoms with Gasteiger partial charge >= 0.3 is 0 Å². The van der Waals surface area contributed by atoms with Gasteiger partial charge in [-0.1, -0.05) is 30.3 Å². The minimum Gasteiger partial charge on any atom is -0.298 e. The highest BCUT2D eigenvalue weighted by Crippen LogP contribution is 2.48. The Hall–Kier alpha value is -0.910. The first kappa shape index (κ1) is 14.7. The van der Waals surface area contributed by atoms with Gasteiger partial charge in [0.25, 0.3) is 0 Å². The molecule has 5 rings (SSSR count). The molecule has 1 saturated carbocycles. The summed E-state index contributed by atoms with van der Waals surface area (Å²) >= 11 is 0. The van der Waals surface area contributed by atoms with E-state index in [0.717, 1.165) is 32.6 Å². The third-order valence-electron chi connectivity index (χ3n) is 5.88. The molecule has 1 aliphatic carbocycles. The van der Waals surface area contributed by atoms with E-state index in [1.165, 1.54) is 18.2 Å². The summed E-state index contributed by atoms with van der Waals surface area (Å²) in [5, 5.41) is 0. The monoisotopic (exact) mass is 320 g/mol. The molecule has 4 unspecified atom stereocenters. The smallest absolute Gasteiger partial charge is 0.211 e. The molecule has 2 bridgehead atoms.